The highest BCUT2D eigenvalue weighted by molar-refractivity contribution is 9.10. The summed E-state index contributed by atoms with van der Waals surface area (Å²) in [4.78, 5) is 0. The first-order valence-electron chi connectivity index (χ1n) is 6.43. The summed E-state index contributed by atoms with van der Waals surface area (Å²) >= 11 is 3.47. The summed E-state index contributed by atoms with van der Waals surface area (Å²) in [5, 5.41) is 3.42. The molecule has 0 heterocycles. The van der Waals surface area contributed by atoms with E-state index in [2.05, 4.69) is 28.2 Å². The molecule has 1 atom stereocenters. The van der Waals surface area contributed by atoms with Crippen LogP contribution in [0.25, 0.3) is 0 Å². The Bertz CT molecular complexity index is 571. The van der Waals surface area contributed by atoms with Gasteiger partial charge in [-0.05, 0) is 65.2 Å². The van der Waals surface area contributed by atoms with Crippen LogP contribution in [0.15, 0.2) is 46.9 Å². The third kappa shape index (κ3) is 3.97. The maximum absolute atomic E-state index is 12.9. The zero-order valence-corrected chi connectivity index (χ0v) is 13.1. The Morgan fingerprint density at radius 2 is 1.90 bits per heavy atom. The van der Waals surface area contributed by atoms with Crippen molar-refractivity contribution in [2.45, 2.75) is 19.4 Å². The first-order valence-corrected chi connectivity index (χ1v) is 7.22. The van der Waals surface area contributed by atoms with Crippen molar-refractivity contribution in [3.05, 3.63) is 58.3 Å². The van der Waals surface area contributed by atoms with Gasteiger partial charge in [0.25, 0.3) is 0 Å². The largest absolute Gasteiger partial charge is 0.496 e. The molecule has 4 heteroatoms. The molecule has 0 spiro atoms. The lowest BCUT2D eigenvalue weighted by Gasteiger charge is -2.16. The van der Waals surface area contributed by atoms with Crippen molar-refractivity contribution in [1.82, 2.24) is 0 Å². The van der Waals surface area contributed by atoms with Crippen molar-refractivity contribution in [2.24, 2.45) is 0 Å². The van der Waals surface area contributed by atoms with Crippen LogP contribution in [0.2, 0.25) is 0 Å². The standard InChI is InChI=1S/C16H17BrFNO/c1-11(9-12-3-5-13(18)6-4-12)19-14-7-8-16(20-2)15(17)10-14/h3-8,10-11,19H,9H2,1-2H3. The molecular formula is C16H17BrFNO. The third-order valence-corrected chi connectivity index (χ3v) is 3.64. The molecule has 1 unspecified atom stereocenters. The van der Waals surface area contributed by atoms with E-state index in [1.807, 2.05) is 30.3 Å². The number of hydrogen-bond acceptors (Lipinski definition) is 2. The van der Waals surface area contributed by atoms with Crippen LogP contribution in [0, 0.1) is 5.82 Å². The minimum Gasteiger partial charge on any atom is -0.496 e. The molecule has 0 radical (unpaired) electrons. The highest BCUT2D eigenvalue weighted by Gasteiger charge is 2.06. The molecule has 20 heavy (non-hydrogen) atoms. The van der Waals surface area contributed by atoms with Crippen molar-refractivity contribution in [3.8, 4) is 5.75 Å². The van der Waals surface area contributed by atoms with Gasteiger partial charge in [0.1, 0.15) is 11.6 Å². The van der Waals surface area contributed by atoms with E-state index in [-0.39, 0.29) is 11.9 Å². The van der Waals surface area contributed by atoms with Gasteiger partial charge in [0.2, 0.25) is 0 Å². The molecule has 0 saturated carbocycles. The Hall–Kier alpha value is -1.55. The number of benzene rings is 2. The topological polar surface area (TPSA) is 21.3 Å². The minimum absolute atomic E-state index is 0.201. The second kappa shape index (κ2) is 6.75. The number of anilines is 1. The average molecular weight is 338 g/mol. The van der Waals surface area contributed by atoms with E-state index >= 15 is 0 Å². The molecule has 0 amide bonds. The monoisotopic (exact) mass is 337 g/mol. The van der Waals surface area contributed by atoms with Gasteiger partial charge in [-0.1, -0.05) is 12.1 Å². The van der Waals surface area contributed by atoms with Gasteiger partial charge in [-0.15, -0.1) is 0 Å². The molecular weight excluding hydrogens is 321 g/mol. The summed E-state index contributed by atoms with van der Waals surface area (Å²) in [6.45, 7) is 2.10. The van der Waals surface area contributed by atoms with Crippen LogP contribution in [-0.2, 0) is 6.42 Å². The maximum Gasteiger partial charge on any atom is 0.133 e. The van der Waals surface area contributed by atoms with E-state index in [1.165, 1.54) is 12.1 Å². The molecule has 1 N–H and O–H groups in total. The van der Waals surface area contributed by atoms with Gasteiger partial charge >= 0.3 is 0 Å². The quantitative estimate of drug-likeness (QED) is 0.858. The van der Waals surface area contributed by atoms with Crippen LogP contribution in [0.1, 0.15) is 12.5 Å². The molecule has 2 rings (SSSR count). The smallest absolute Gasteiger partial charge is 0.133 e. The molecule has 2 nitrogen and oxygen atoms in total. The predicted molar refractivity (Wildman–Crippen MR) is 83.9 cm³/mol. The molecule has 0 bridgehead atoms. The van der Waals surface area contributed by atoms with Crippen molar-refractivity contribution in [2.75, 3.05) is 12.4 Å². The first kappa shape index (κ1) is 14.9. The van der Waals surface area contributed by atoms with Crippen LogP contribution in [0.3, 0.4) is 0 Å². The Labute approximate surface area is 127 Å². The number of ether oxygens (including phenoxy) is 1. The Kier molecular flexibility index (Phi) is 5.01. The van der Waals surface area contributed by atoms with E-state index in [0.29, 0.717) is 0 Å². The number of hydrogen-bond donors (Lipinski definition) is 1. The van der Waals surface area contributed by atoms with Gasteiger partial charge in [0, 0.05) is 11.7 Å². The maximum atomic E-state index is 12.9. The van der Waals surface area contributed by atoms with Gasteiger partial charge in [-0.2, -0.15) is 0 Å². The molecule has 0 aromatic heterocycles. The summed E-state index contributed by atoms with van der Waals surface area (Å²) in [5.41, 5.74) is 2.13. The number of nitrogens with one attached hydrogen (secondary N) is 1. The molecule has 2 aromatic carbocycles. The minimum atomic E-state index is -0.201. The second-order valence-electron chi connectivity index (χ2n) is 4.73. The number of rotatable bonds is 5. The summed E-state index contributed by atoms with van der Waals surface area (Å²) < 4.78 is 19.0. The molecule has 106 valence electrons. The molecule has 0 aliphatic heterocycles. The predicted octanol–water partition coefficient (Wildman–Crippen LogP) is 4.64. The molecule has 0 aliphatic carbocycles. The number of methoxy groups -OCH3 is 1. The molecule has 0 saturated heterocycles. The van der Waals surface area contributed by atoms with E-state index < -0.39 is 0 Å². The van der Waals surface area contributed by atoms with Crippen LogP contribution in [0.4, 0.5) is 10.1 Å². The summed E-state index contributed by atoms with van der Waals surface area (Å²) in [5.74, 6) is 0.607. The van der Waals surface area contributed by atoms with Crippen molar-refractivity contribution in [3.63, 3.8) is 0 Å². The van der Waals surface area contributed by atoms with E-state index in [9.17, 15) is 4.39 Å². The van der Waals surface area contributed by atoms with Crippen LogP contribution in [0.5, 0.6) is 5.75 Å². The zero-order chi connectivity index (χ0) is 14.5. The fourth-order valence-electron chi connectivity index (χ4n) is 2.07. The number of halogens is 2. The second-order valence-corrected chi connectivity index (χ2v) is 5.58. The van der Waals surface area contributed by atoms with Crippen molar-refractivity contribution in [1.29, 1.82) is 0 Å². The summed E-state index contributed by atoms with van der Waals surface area (Å²) in [6.07, 6.45) is 0.837. The lowest BCUT2D eigenvalue weighted by atomic mass is 10.1. The fraction of sp³-hybridized carbons (Fsp3) is 0.250. The highest BCUT2D eigenvalue weighted by Crippen LogP contribution is 2.28. The van der Waals surface area contributed by atoms with E-state index in [0.717, 1.165) is 27.9 Å². The van der Waals surface area contributed by atoms with Gasteiger partial charge < -0.3 is 10.1 Å². The molecule has 2 aromatic rings. The lowest BCUT2D eigenvalue weighted by molar-refractivity contribution is 0.412. The summed E-state index contributed by atoms with van der Waals surface area (Å²) in [7, 11) is 1.64. The lowest BCUT2D eigenvalue weighted by Crippen LogP contribution is -2.18. The van der Waals surface area contributed by atoms with Gasteiger partial charge in [-0.25, -0.2) is 4.39 Å². The van der Waals surface area contributed by atoms with E-state index in [1.54, 1.807) is 7.11 Å². The van der Waals surface area contributed by atoms with Crippen molar-refractivity contribution >= 4 is 21.6 Å². The Morgan fingerprint density at radius 3 is 2.50 bits per heavy atom. The van der Waals surface area contributed by atoms with E-state index in [4.69, 9.17) is 4.74 Å². The van der Waals surface area contributed by atoms with Crippen LogP contribution < -0.4 is 10.1 Å². The molecule has 0 fully saturated rings. The normalized spacial score (nSPS) is 12.0. The fourth-order valence-corrected chi connectivity index (χ4v) is 2.61. The van der Waals surface area contributed by atoms with Gasteiger partial charge in [0.15, 0.2) is 0 Å². The van der Waals surface area contributed by atoms with Crippen LogP contribution in [-0.4, -0.2) is 13.2 Å². The van der Waals surface area contributed by atoms with Crippen molar-refractivity contribution < 1.29 is 9.13 Å². The average Bonchev–Trinajstić information content (AvgIpc) is 2.41. The Morgan fingerprint density at radius 1 is 1.20 bits per heavy atom. The first-order chi connectivity index (χ1) is 9.58. The summed E-state index contributed by atoms with van der Waals surface area (Å²) in [6, 6.07) is 12.7. The van der Waals surface area contributed by atoms with Gasteiger partial charge in [-0.3, -0.25) is 0 Å². The zero-order valence-electron chi connectivity index (χ0n) is 11.5. The molecule has 0 aliphatic rings. The van der Waals surface area contributed by atoms with Gasteiger partial charge in [0.05, 0.1) is 11.6 Å². The van der Waals surface area contributed by atoms with Crippen LogP contribution >= 0.6 is 15.9 Å². The Balaban J connectivity index is 1.99. The highest BCUT2D eigenvalue weighted by atomic mass is 79.9. The SMILES string of the molecule is COc1ccc(NC(C)Cc2ccc(F)cc2)cc1Br. The third-order valence-electron chi connectivity index (χ3n) is 3.02.